The number of halogens is 1. The van der Waals surface area contributed by atoms with E-state index in [9.17, 15) is 4.79 Å². The van der Waals surface area contributed by atoms with E-state index < -0.39 is 0 Å². The fourth-order valence-corrected chi connectivity index (χ4v) is 3.45. The van der Waals surface area contributed by atoms with Gasteiger partial charge in [-0.3, -0.25) is 4.79 Å². The number of hydrogen-bond acceptors (Lipinski definition) is 2. The smallest absolute Gasteiger partial charge is 0.314 e. The average molecular weight is 323 g/mol. The summed E-state index contributed by atoms with van der Waals surface area (Å²) in [6.07, 6.45) is 8.16. The summed E-state index contributed by atoms with van der Waals surface area (Å²) in [7, 11) is 0. The molecule has 2 rings (SSSR count). The minimum absolute atomic E-state index is 0.0640. The molecular weight excluding hydrogens is 296 g/mol. The number of hydrogen-bond donors (Lipinski definition) is 0. The number of carbonyl (C=O) groups is 1. The molecule has 0 N–H and O–H groups in total. The Balaban J connectivity index is 1.88. The lowest BCUT2D eigenvalue weighted by Crippen LogP contribution is -2.25. The van der Waals surface area contributed by atoms with E-state index in [1.54, 1.807) is 0 Å². The molecule has 0 atom stereocenters. The summed E-state index contributed by atoms with van der Waals surface area (Å²) in [5.74, 6) is 1.42. The van der Waals surface area contributed by atoms with Crippen LogP contribution in [0.15, 0.2) is 12.1 Å². The molecule has 22 heavy (non-hydrogen) atoms. The van der Waals surface area contributed by atoms with Crippen molar-refractivity contribution >= 4 is 17.6 Å². The lowest BCUT2D eigenvalue weighted by Gasteiger charge is -2.27. The van der Waals surface area contributed by atoms with Crippen LogP contribution in [-0.4, -0.2) is 5.97 Å². The Bertz CT molecular complexity index is 493. The maximum absolute atomic E-state index is 12.3. The molecule has 0 spiro atoms. The van der Waals surface area contributed by atoms with Gasteiger partial charge >= 0.3 is 5.97 Å². The van der Waals surface area contributed by atoms with Crippen molar-refractivity contribution in [2.75, 3.05) is 0 Å². The predicted octanol–water partition coefficient (Wildman–Crippen LogP) is 5.86. The Morgan fingerprint density at radius 3 is 2.32 bits per heavy atom. The van der Waals surface area contributed by atoms with Gasteiger partial charge in [-0.1, -0.05) is 37.8 Å². The van der Waals surface area contributed by atoms with E-state index in [-0.39, 0.29) is 11.9 Å². The largest absolute Gasteiger partial charge is 0.426 e. The molecule has 1 saturated carbocycles. The summed E-state index contributed by atoms with van der Waals surface area (Å²) in [4.78, 5) is 12.3. The molecule has 1 aliphatic carbocycles. The molecule has 1 aromatic carbocycles. The molecule has 0 amide bonds. The molecule has 3 heteroatoms. The molecule has 0 saturated heterocycles. The van der Waals surface area contributed by atoms with Gasteiger partial charge in [0.15, 0.2) is 0 Å². The van der Waals surface area contributed by atoms with Crippen LogP contribution in [0.3, 0.4) is 0 Å². The van der Waals surface area contributed by atoms with Crippen LogP contribution in [0.25, 0.3) is 0 Å². The quantitative estimate of drug-likeness (QED) is 0.501. The van der Waals surface area contributed by atoms with Gasteiger partial charge in [0.05, 0.1) is 5.92 Å². The van der Waals surface area contributed by atoms with Crippen LogP contribution in [0.1, 0.15) is 63.0 Å². The van der Waals surface area contributed by atoms with E-state index in [2.05, 4.69) is 6.92 Å². The van der Waals surface area contributed by atoms with Gasteiger partial charge in [0.2, 0.25) is 0 Å². The second-order valence-electron chi connectivity index (χ2n) is 6.65. The van der Waals surface area contributed by atoms with E-state index in [1.807, 2.05) is 26.0 Å². The summed E-state index contributed by atoms with van der Waals surface area (Å²) in [5, 5.41) is 0.747. The molecule has 0 radical (unpaired) electrons. The van der Waals surface area contributed by atoms with Crippen molar-refractivity contribution in [2.24, 2.45) is 11.8 Å². The number of ether oxygens (including phenoxy) is 1. The second kappa shape index (κ2) is 8.01. The van der Waals surface area contributed by atoms with Gasteiger partial charge in [-0.25, -0.2) is 0 Å². The lowest BCUT2D eigenvalue weighted by molar-refractivity contribution is -0.140. The summed E-state index contributed by atoms with van der Waals surface area (Å²) in [5.41, 5.74) is 1.90. The van der Waals surface area contributed by atoms with Crippen LogP contribution in [0, 0.1) is 25.7 Å². The van der Waals surface area contributed by atoms with Crippen LogP contribution in [-0.2, 0) is 4.79 Å². The van der Waals surface area contributed by atoms with Crippen LogP contribution in [0.4, 0.5) is 0 Å². The molecule has 0 heterocycles. The molecule has 0 aliphatic heterocycles. The van der Waals surface area contributed by atoms with Gasteiger partial charge in [-0.15, -0.1) is 0 Å². The standard InChI is InChI=1S/C19H27ClO2/c1-4-5-6-15-7-9-16(10-8-15)19(21)22-17-11-13(2)18(20)14(3)12-17/h11-12,15-16H,4-10H2,1-3H3. The minimum Gasteiger partial charge on any atom is -0.426 e. The molecule has 0 bridgehead atoms. The van der Waals surface area contributed by atoms with Gasteiger partial charge in [0.25, 0.3) is 0 Å². The third-order valence-corrected chi connectivity index (χ3v) is 5.37. The summed E-state index contributed by atoms with van der Waals surface area (Å²) >= 11 is 6.15. The first-order chi connectivity index (χ1) is 10.5. The third-order valence-electron chi connectivity index (χ3n) is 4.77. The number of unbranched alkanes of at least 4 members (excludes halogenated alkanes) is 1. The predicted molar refractivity (Wildman–Crippen MR) is 91.5 cm³/mol. The highest BCUT2D eigenvalue weighted by Crippen LogP contribution is 2.33. The highest BCUT2D eigenvalue weighted by atomic mass is 35.5. The molecule has 2 nitrogen and oxygen atoms in total. The second-order valence-corrected chi connectivity index (χ2v) is 7.03. The van der Waals surface area contributed by atoms with Crippen molar-refractivity contribution in [1.82, 2.24) is 0 Å². The van der Waals surface area contributed by atoms with Gasteiger partial charge in [0, 0.05) is 5.02 Å². The Morgan fingerprint density at radius 1 is 1.18 bits per heavy atom. The van der Waals surface area contributed by atoms with Crippen molar-refractivity contribution in [3.8, 4) is 5.75 Å². The molecular formula is C19H27ClO2. The highest BCUT2D eigenvalue weighted by Gasteiger charge is 2.27. The van der Waals surface area contributed by atoms with E-state index >= 15 is 0 Å². The molecule has 0 unspecified atom stereocenters. The highest BCUT2D eigenvalue weighted by molar-refractivity contribution is 6.32. The zero-order valence-corrected chi connectivity index (χ0v) is 14.7. The van der Waals surface area contributed by atoms with Crippen molar-refractivity contribution < 1.29 is 9.53 Å². The van der Waals surface area contributed by atoms with Gasteiger partial charge in [0.1, 0.15) is 5.75 Å². The molecule has 0 aromatic heterocycles. The normalized spacial score (nSPS) is 21.6. The van der Waals surface area contributed by atoms with E-state index in [0.717, 1.165) is 34.9 Å². The molecule has 1 aromatic rings. The van der Waals surface area contributed by atoms with Gasteiger partial charge < -0.3 is 4.74 Å². The SMILES string of the molecule is CCCCC1CCC(C(=O)Oc2cc(C)c(Cl)c(C)c2)CC1. The zero-order chi connectivity index (χ0) is 16.1. The number of esters is 1. The number of benzene rings is 1. The third kappa shape index (κ3) is 4.49. The zero-order valence-electron chi connectivity index (χ0n) is 14.0. The fraction of sp³-hybridized carbons (Fsp3) is 0.632. The van der Waals surface area contributed by atoms with Crippen molar-refractivity contribution in [1.29, 1.82) is 0 Å². The van der Waals surface area contributed by atoms with Gasteiger partial charge in [-0.05, 0) is 68.7 Å². The summed E-state index contributed by atoms with van der Waals surface area (Å²) in [6.45, 7) is 6.11. The number of aryl methyl sites for hydroxylation is 2. The van der Waals surface area contributed by atoms with Crippen LogP contribution in [0.5, 0.6) is 5.75 Å². The van der Waals surface area contributed by atoms with Crippen LogP contribution >= 0.6 is 11.6 Å². The molecule has 1 fully saturated rings. The van der Waals surface area contributed by atoms with E-state index in [0.29, 0.717) is 5.75 Å². The van der Waals surface area contributed by atoms with Crippen molar-refractivity contribution in [2.45, 2.75) is 65.7 Å². The first kappa shape index (κ1) is 17.3. The number of rotatable bonds is 5. The van der Waals surface area contributed by atoms with Crippen molar-refractivity contribution in [3.63, 3.8) is 0 Å². The summed E-state index contributed by atoms with van der Waals surface area (Å²) in [6, 6.07) is 3.69. The molecule has 1 aliphatic rings. The Kier molecular flexibility index (Phi) is 6.31. The van der Waals surface area contributed by atoms with Crippen molar-refractivity contribution in [3.05, 3.63) is 28.3 Å². The summed E-state index contributed by atoms with van der Waals surface area (Å²) < 4.78 is 5.59. The monoisotopic (exact) mass is 322 g/mol. The molecule has 122 valence electrons. The van der Waals surface area contributed by atoms with Crippen LogP contribution < -0.4 is 4.74 Å². The Labute approximate surface area is 139 Å². The number of carbonyl (C=O) groups excluding carboxylic acids is 1. The van der Waals surface area contributed by atoms with E-state index in [4.69, 9.17) is 16.3 Å². The average Bonchev–Trinajstić information content (AvgIpc) is 2.51. The maximum atomic E-state index is 12.3. The van der Waals surface area contributed by atoms with Gasteiger partial charge in [-0.2, -0.15) is 0 Å². The lowest BCUT2D eigenvalue weighted by atomic mass is 9.80. The Hall–Kier alpha value is -1.02. The van der Waals surface area contributed by atoms with Crippen LogP contribution in [0.2, 0.25) is 5.02 Å². The Morgan fingerprint density at radius 2 is 1.77 bits per heavy atom. The fourth-order valence-electron chi connectivity index (χ4n) is 3.34. The minimum atomic E-state index is -0.0740. The first-order valence-corrected chi connectivity index (χ1v) is 8.87. The first-order valence-electron chi connectivity index (χ1n) is 8.49. The van der Waals surface area contributed by atoms with E-state index in [1.165, 1.54) is 32.1 Å². The topological polar surface area (TPSA) is 26.3 Å². The maximum Gasteiger partial charge on any atom is 0.314 e.